The first-order chi connectivity index (χ1) is 14.6. The van der Waals surface area contributed by atoms with Crippen molar-refractivity contribution < 1.29 is 19.4 Å². The van der Waals surface area contributed by atoms with Crippen LogP contribution in [0.2, 0.25) is 0 Å². The van der Waals surface area contributed by atoms with E-state index >= 15 is 0 Å². The number of nitrogens with zero attached hydrogens (tertiary/aromatic N) is 2. The number of aliphatic hydroxyl groups is 1. The fraction of sp³-hybridized carbons (Fsp3) is 0.783. The molecule has 1 saturated heterocycles. The average molecular weight is 414 g/mol. The Balaban J connectivity index is 1.23. The third kappa shape index (κ3) is 3.30. The van der Waals surface area contributed by atoms with Gasteiger partial charge in [0.15, 0.2) is 0 Å². The van der Waals surface area contributed by atoms with Gasteiger partial charge >= 0.3 is 6.01 Å². The van der Waals surface area contributed by atoms with Crippen LogP contribution < -0.4 is 10.1 Å². The fourth-order valence-electron chi connectivity index (χ4n) is 7.00. The molecule has 2 heterocycles. The Bertz CT molecular complexity index is 820. The quantitative estimate of drug-likeness (QED) is 0.771. The fourth-order valence-corrected chi connectivity index (χ4v) is 7.00. The topological polar surface area (TPSA) is 93.6 Å². The van der Waals surface area contributed by atoms with Crippen LogP contribution >= 0.6 is 0 Å². The van der Waals surface area contributed by atoms with Crippen molar-refractivity contribution in [2.75, 3.05) is 13.2 Å². The first-order valence-corrected chi connectivity index (χ1v) is 11.7. The molecule has 2 atom stereocenters. The lowest BCUT2D eigenvalue weighted by Crippen LogP contribution is -2.61. The van der Waals surface area contributed by atoms with Crippen LogP contribution in [0.3, 0.4) is 0 Å². The molecule has 30 heavy (non-hydrogen) atoms. The molecule has 0 radical (unpaired) electrons. The standard InChI is InChI=1S/C23H31N3O4/c27-21(25-19-15-5-13-6-16(19)9-23(28,7-13)8-15)18-10-24-22(30-17-11-29-12-17)26-20(18)14-3-1-2-4-14/h10,13-17,19,28H,1-9,11-12H2,(H,25,27). The zero-order valence-corrected chi connectivity index (χ0v) is 17.4. The van der Waals surface area contributed by atoms with Crippen LogP contribution in [0.15, 0.2) is 6.20 Å². The molecule has 1 aliphatic heterocycles. The summed E-state index contributed by atoms with van der Waals surface area (Å²) in [6.45, 7) is 1.14. The van der Waals surface area contributed by atoms with E-state index in [2.05, 4.69) is 10.3 Å². The van der Waals surface area contributed by atoms with Gasteiger partial charge in [0.25, 0.3) is 5.91 Å². The van der Waals surface area contributed by atoms with E-state index in [0.717, 1.165) is 50.6 Å². The molecule has 7 rings (SSSR count). The van der Waals surface area contributed by atoms with Gasteiger partial charge in [-0.25, -0.2) is 4.98 Å². The zero-order valence-electron chi connectivity index (χ0n) is 17.4. The van der Waals surface area contributed by atoms with Gasteiger partial charge in [0, 0.05) is 18.2 Å². The molecule has 4 bridgehead atoms. The van der Waals surface area contributed by atoms with Gasteiger partial charge in [-0.05, 0) is 62.7 Å². The minimum atomic E-state index is -0.486. The summed E-state index contributed by atoms with van der Waals surface area (Å²) in [5.74, 6) is 1.65. The molecule has 7 heteroatoms. The van der Waals surface area contributed by atoms with Crippen molar-refractivity contribution in [2.45, 2.75) is 81.5 Å². The Hall–Kier alpha value is -1.73. The largest absolute Gasteiger partial charge is 0.455 e. The van der Waals surface area contributed by atoms with E-state index in [1.807, 2.05) is 0 Å². The number of carbonyl (C=O) groups excluding carboxylic acids is 1. The van der Waals surface area contributed by atoms with Crippen molar-refractivity contribution in [3.8, 4) is 6.01 Å². The molecule has 5 aliphatic carbocycles. The van der Waals surface area contributed by atoms with Crippen molar-refractivity contribution >= 4 is 5.91 Å². The molecular weight excluding hydrogens is 382 g/mol. The molecule has 2 unspecified atom stereocenters. The lowest BCUT2D eigenvalue weighted by atomic mass is 9.52. The highest BCUT2D eigenvalue weighted by molar-refractivity contribution is 5.95. The highest BCUT2D eigenvalue weighted by Gasteiger charge is 2.55. The van der Waals surface area contributed by atoms with Crippen molar-refractivity contribution in [3.05, 3.63) is 17.5 Å². The number of aromatic nitrogens is 2. The highest BCUT2D eigenvalue weighted by atomic mass is 16.6. The maximum Gasteiger partial charge on any atom is 0.317 e. The molecule has 1 aromatic rings. The number of amides is 1. The third-order valence-electron chi connectivity index (χ3n) is 8.20. The molecule has 2 N–H and O–H groups in total. The minimum absolute atomic E-state index is 0.0138. The predicted molar refractivity (Wildman–Crippen MR) is 108 cm³/mol. The van der Waals surface area contributed by atoms with Crippen LogP contribution in [0.25, 0.3) is 0 Å². The van der Waals surface area contributed by atoms with Gasteiger partial charge in [-0.2, -0.15) is 4.98 Å². The molecule has 1 aromatic heterocycles. The van der Waals surface area contributed by atoms with Crippen LogP contribution in [0.5, 0.6) is 6.01 Å². The van der Waals surface area contributed by atoms with Gasteiger partial charge < -0.3 is 19.9 Å². The third-order valence-corrected chi connectivity index (χ3v) is 8.20. The van der Waals surface area contributed by atoms with Crippen LogP contribution in [-0.2, 0) is 4.74 Å². The van der Waals surface area contributed by atoms with Crippen LogP contribution in [-0.4, -0.2) is 51.9 Å². The lowest BCUT2D eigenvalue weighted by molar-refractivity contribution is -0.136. The molecule has 5 saturated carbocycles. The number of hydrogen-bond donors (Lipinski definition) is 2. The molecule has 0 spiro atoms. The van der Waals surface area contributed by atoms with Gasteiger partial charge in [0.1, 0.15) is 6.10 Å². The normalized spacial score (nSPS) is 37.9. The van der Waals surface area contributed by atoms with E-state index in [4.69, 9.17) is 14.5 Å². The summed E-state index contributed by atoms with van der Waals surface area (Å²) >= 11 is 0. The van der Waals surface area contributed by atoms with Crippen molar-refractivity contribution in [2.24, 2.45) is 17.8 Å². The van der Waals surface area contributed by atoms with E-state index in [-0.39, 0.29) is 18.1 Å². The monoisotopic (exact) mass is 413 g/mol. The molecule has 0 aromatic carbocycles. The summed E-state index contributed by atoms with van der Waals surface area (Å²) in [6, 6.07) is 0.521. The Morgan fingerprint density at radius 3 is 2.53 bits per heavy atom. The van der Waals surface area contributed by atoms with Crippen molar-refractivity contribution in [1.82, 2.24) is 15.3 Å². The average Bonchev–Trinajstić information content (AvgIpc) is 3.21. The second-order valence-corrected chi connectivity index (χ2v) is 10.4. The van der Waals surface area contributed by atoms with Crippen LogP contribution in [0, 0.1) is 17.8 Å². The summed E-state index contributed by atoms with van der Waals surface area (Å²) < 4.78 is 11.0. The maximum atomic E-state index is 13.4. The number of rotatable bonds is 5. The second kappa shape index (κ2) is 7.16. The Kier molecular flexibility index (Phi) is 4.53. The van der Waals surface area contributed by atoms with E-state index in [1.54, 1.807) is 6.20 Å². The summed E-state index contributed by atoms with van der Waals surface area (Å²) in [7, 11) is 0. The predicted octanol–water partition coefficient (Wildman–Crippen LogP) is 2.58. The van der Waals surface area contributed by atoms with Gasteiger partial charge in [-0.15, -0.1) is 0 Å². The Morgan fingerprint density at radius 2 is 1.90 bits per heavy atom. The Morgan fingerprint density at radius 1 is 1.17 bits per heavy atom. The summed E-state index contributed by atoms with van der Waals surface area (Å²) in [6.07, 6.45) is 11.0. The van der Waals surface area contributed by atoms with Crippen molar-refractivity contribution in [1.29, 1.82) is 0 Å². The van der Waals surface area contributed by atoms with Gasteiger partial charge in [0.05, 0.1) is 30.1 Å². The second-order valence-electron chi connectivity index (χ2n) is 10.4. The Labute approximate surface area is 177 Å². The molecule has 1 amide bonds. The maximum absolute atomic E-state index is 13.4. The highest BCUT2D eigenvalue weighted by Crippen LogP contribution is 2.55. The van der Waals surface area contributed by atoms with Gasteiger partial charge in [-0.1, -0.05) is 12.8 Å². The number of nitrogens with one attached hydrogen (secondary N) is 1. The minimum Gasteiger partial charge on any atom is -0.455 e. The summed E-state index contributed by atoms with van der Waals surface area (Å²) in [4.78, 5) is 22.4. The van der Waals surface area contributed by atoms with E-state index < -0.39 is 5.60 Å². The van der Waals surface area contributed by atoms with E-state index in [1.165, 1.54) is 12.8 Å². The molecular formula is C23H31N3O4. The first-order valence-electron chi connectivity index (χ1n) is 11.7. The van der Waals surface area contributed by atoms with E-state index in [9.17, 15) is 9.90 Å². The molecule has 6 aliphatic rings. The smallest absolute Gasteiger partial charge is 0.317 e. The number of carbonyl (C=O) groups is 1. The van der Waals surface area contributed by atoms with E-state index in [0.29, 0.717) is 48.5 Å². The molecule has 162 valence electrons. The molecule has 6 fully saturated rings. The van der Waals surface area contributed by atoms with Crippen LogP contribution in [0.1, 0.15) is 79.8 Å². The number of ether oxygens (including phenoxy) is 2. The van der Waals surface area contributed by atoms with Crippen LogP contribution in [0.4, 0.5) is 0 Å². The lowest BCUT2D eigenvalue weighted by Gasteiger charge is -2.58. The SMILES string of the molecule is O=C(NC1C2CC3CC1CC(O)(C3)C2)c1cnc(OC2COC2)nc1C1CCCC1. The van der Waals surface area contributed by atoms with Gasteiger partial charge in [0.2, 0.25) is 0 Å². The summed E-state index contributed by atoms with van der Waals surface area (Å²) in [5.41, 5.74) is 0.962. The first kappa shape index (κ1) is 19.0. The zero-order chi connectivity index (χ0) is 20.3. The molecule has 7 nitrogen and oxygen atoms in total. The summed E-state index contributed by atoms with van der Waals surface area (Å²) in [5, 5.41) is 14.2. The van der Waals surface area contributed by atoms with Crippen molar-refractivity contribution in [3.63, 3.8) is 0 Å². The van der Waals surface area contributed by atoms with Gasteiger partial charge in [-0.3, -0.25) is 4.79 Å². The number of hydrogen-bond acceptors (Lipinski definition) is 6.